The zero-order valence-electron chi connectivity index (χ0n) is 12.1. The lowest BCUT2D eigenvalue weighted by Crippen LogP contribution is -2.40. The van der Waals surface area contributed by atoms with E-state index in [4.69, 9.17) is 15.6 Å². The Balaban J connectivity index is 2.96. The fraction of sp³-hybridized carbons (Fsp3) is 0.533. The van der Waals surface area contributed by atoms with Gasteiger partial charge in [-0.05, 0) is 36.5 Å². The number of rotatable bonds is 6. The van der Waals surface area contributed by atoms with Crippen LogP contribution in [0, 0.1) is 0 Å². The molecule has 0 bridgehead atoms. The molecule has 0 aromatic heterocycles. The summed E-state index contributed by atoms with van der Waals surface area (Å²) in [6, 6.07) is 5.91. The van der Waals surface area contributed by atoms with Crippen LogP contribution in [0.5, 0.6) is 5.75 Å². The Morgan fingerprint density at radius 1 is 1.47 bits per heavy atom. The summed E-state index contributed by atoms with van der Waals surface area (Å²) in [5.74, 6) is 0.330. The van der Waals surface area contributed by atoms with Crippen molar-refractivity contribution in [2.24, 2.45) is 5.73 Å². The number of carbonyl (C=O) groups is 1. The van der Waals surface area contributed by atoms with E-state index in [-0.39, 0.29) is 6.42 Å². The number of hydrogen-bond acceptors (Lipinski definition) is 3. The van der Waals surface area contributed by atoms with Crippen molar-refractivity contribution in [1.82, 2.24) is 0 Å². The molecule has 0 aliphatic heterocycles. The summed E-state index contributed by atoms with van der Waals surface area (Å²) in [7, 11) is 1.65. The Bertz CT molecular complexity index is 453. The van der Waals surface area contributed by atoms with Crippen molar-refractivity contribution < 1.29 is 14.6 Å². The SMILES string of the molecule is COc1ccc(CC(C)(N)CC(=O)O)cc1C(C)C. The fourth-order valence-electron chi connectivity index (χ4n) is 2.22. The highest BCUT2D eigenvalue weighted by atomic mass is 16.5. The van der Waals surface area contributed by atoms with E-state index in [1.165, 1.54) is 0 Å². The molecule has 0 heterocycles. The van der Waals surface area contributed by atoms with Crippen molar-refractivity contribution in [2.75, 3.05) is 7.11 Å². The molecular weight excluding hydrogens is 242 g/mol. The molecule has 4 heteroatoms. The Kier molecular flexibility index (Phi) is 4.95. The van der Waals surface area contributed by atoms with Crippen LogP contribution in [0.3, 0.4) is 0 Å². The van der Waals surface area contributed by atoms with Gasteiger partial charge in [0.05, 0.1) is 13.5 Å². The number of aliphatic carboxylic acids is 1. The first-order valence-corrected chi connectivity index (χ1v) is 6.42. The van der Waals surface area contributed by atoms with E-state index in [9.17, 15) is 4.79 Å². The van der Waals surface area contributed by atoms with Crippen LogP contribution in [0.4, 0.5) is 0 Å². The molecule has 0 aliphatic carbocycles. The Morgan fingerprint density at radius 3 is 2.58 bits per heavy atom. The van der Waals surface area contributed by atoms with Gasteiger partial charge in [-0.1, -0.05) is 26.0 Å². The van der Waals surface area contributed by atoms with Gasteiger partial charge in [-0.25, -0.2) is 0 Å². The second kappa shape index (κ2) is 6.06. The Morgan fingerprint density at radius 2 is 2.11 bits per heavy atom. The van der Waals surface area contributed by atoms with E-state index in [1.807, 2.05) is 12.1 Å². The summed E-state index contributed by atoms with van der Waals surface area (Å²) < 4.78 is 5.33. The van der Waals surface area contributed by atoms with Gasteiger partial charge in [0, 0.05) is 5.54 Å². The Hall–Kier alpha value is -1.55. The summed E-state index contributed by atoms with van der Waals surface area (Å²) in [6.07, 6.45) is 0.485. The predicted octanol–water partition coefficient (Wildman–Crippen LogP) is 2.55. The largest absolute Gasteiger partial charge is 0.496 e. The third-order valence-corrected chi connectivity index (χ3v) is 3.08. The van der Waals surface area contributed by atoms with Crippen LogP contribution in [0.15, 0.2) is 18.2 Å². The van der Waals surface area contributed by atoms with E-state index in [0.29, 0.717) is 12.3 Å². The number of carboxylic acid groups (broad SMARTS) is 1. The van der Waals surface area contributed by atoms with Crippen molar-refractivity contribution >= 4 is 5.97 Å². The van der Waals surface area contributed by atoms with E-state index in [0.717, 1.165) is 16.9 Å². The monoisotopic (exact) mass is 265 g/mol. The first-order chi connectivity index (χ1) is 8.75. The first kappa shape index (κ1) is 15.5. The highest BCUT2D eigenvalue weighted by Gasteiger charge is 2.23. The van der Waals surface area contributed by atoms with Crippen molar-refractivity contribution in [3.05, 3.63) is 29.3 Å². The number of nitrogens with two attached hydrogens (primary N) is 1. The summed E-state index contributed by atoms with van der Waals surface area (Å²) in [4.78, 5) is 10.8. The molecule has 1 aromatic carbocycles. The Labute approximate surface area is 114 Å². The molecule has 0 radical (unpaired) electrons. The lowest BCUT2D eigenvalue weighted by molar-refractivity contribution is -0.138. The van der Waals surface area contributed by atoms with Crippen LogP contribution in [-0.4, -0.2) is 23.7 Å². The van der Waals surface area contributed by atoms with Gasteiger partial charge in [0.1, 0.15) is 5.75 Å². The lowest BCUT2D eigenvalue weighted by atomic mass is 9.88. The third kappa shape index (κ3) is 4.56. The summed E-state index contributed by atoms with van der Waals surface area (Å²) >= 11 is 0. The van der Waals surface area contributed by atoms with Crippen LogP contribution in [0.25, 0.3) is 0 Å². The number of ether oxygens (including phenoxy) is 1. The highest BCUT2D eigenvalue weighted by Crippen LogP contribution is 2.28. The van der Waals surface area contributed by atoms with Crippen LogP contribution in [-0.2, 0) is 11.2 Å². The zero-order chi connectivity index (χ0) is 14.6. The van der Waals surface area contributed by atoms with E-state index in [2.05, 4.69) is 19.9 Å². The predicted molar refractivity (Wildman–Crippen MR) is 75.6 cm³/mol. The maximum Gasteiger partial charge on any atom is 0.305 e. The fourth-order valence-corrected chi connectivity index (χ4v) is 2.22. The minimum absolute atomic E-state index is 0.0456. The molecular formula is C15H23NO3. The molecule has 4 nitrogen and oxygen atoms in total. The van der Waals surface area contributed by atoms with Crippen LogP contribution in [0.2, 0.25) is 0 Å². The summed E-state index contributed by atoms with van der Waals surface area (Å²) in [5, 5.41) is 8.85. The lowest BCUT2D eigenvalue weighted by Gasteiger charge is -2.23. The first-order valence-electron chi connectivity index (χ1n) is 6.42. The van der Waals surface area contributed by atoms with E-state index < -0.39 is 11.5 Å². The van der Waals surface area contributed by atoms with Gasteiger partial charge in [0.2, 0.25) is 0 Å². The zero-order valence-corrected chi connectivity index (χ0v) is 12.1. The topological polar surface area (TPSA) is 72.5 Å². The molecule has 0 saturated carbocycles. The molecule has 0 aliphatic rings. The average Bonchev–Trinajstić information content (AvgIpc) is 2.26. The van der Waals surface area contributed by atoms with Crippen molar-refractivity contribution in [3.8, 4) is 5.75 Å². The third-order valence-electron chi connectivity index (χ3n) is 3.08. The van der Waals surface area contributed by atoms with Crippen LogP contribution < -0.4 is 10.5 Å². The number of carboxylic acids is 1. The highest BCUT2D eigenvalue weighted by molar-refractivity contribution is 5.68. The van der Waals surface area contributed by atoms with Crippen molar-refractivity contribution in [2.45, 2.75) is 45.1 Å². The molecule has 1 unspecified atom stereocenters. The van der Waals surface area contributed by atoms with Gasteiger partial charge in [0.25, 0.3) is 0 Å². The van der Waals surface area contributed by atoms with Gasteiger partial charge in [-0.2, -0.15) is 0 Å². The van der Waals surface area contributed by atoms with E-state index >= 15 is 0 Å². The number of hydrogen-bond donors (Lipinski definition) is 2. The van der Waals surface area contributed by atoms with Gasteiger partial charge in [0.15, 0.2) is 0 Å². The molecule has 0 spiro atoms. The molecule has 0 saturated heterocycles. The van der Waals surface area contributed by atoms with Gasteiger partial charge >= 0.3 is 5.97 Å². The van der Waals surface area contributed by atoms with Gasteiger partial charge < -0.3 is 15.6 Å². The maximum atomic E-state index is 10.8. The second-order valence-corrected chi connectivity index (χ2v) is 5.63. The molecule has 0 fully saturated rings. The number of methoxy groups -OCH3 is 1. The van der Waals surface area contributed by atoms with Crippen molar-refractivity contribution in [1.29, 1.82) is 0 Å². The molecule has 19 heavy (non-hydrogen) atoms. The summed E-state index contributed by atoms with van der Waals surface area (Å²) in [6.45, 7) is 5.96. The second-order valence-electron chi connectivity index (χ2n) is 5.63. The standard InChI is InChI=1S/C15H23NO3/c1-10(2)12-7-11(5-6-13(12)19-4)8-15(3,16)9-14(17)18/h5-7,10H,8-9,16H2,1-4H3,(H,17,18). The molecule has 1 rings (SSSR count). The van der Waals surface area contributed by atoms with Crippen molar-refractivity contribution in [3.63, 3.8) is 0 Å². The van der Waals surface area contributed by atoms with E-state index in [1.54, 1.807) is 14.0 Å². The molecule has 0 amide bonds. The summed E-state index contributed by atoms with van der Waals surface area (Å²) in [5.41, 5.74) is 7.45. The minimum Gasteiger partial charge on any atom is -0.496 e. The van der Waals surface area contributed by atoms with Crippen LogP contribution in [0.1, 0.15) is 44.2 Å². The molecule has 1 aromatic rings. The minimum atomic E-state index is -0.873. The molecule has 106 valence electrons. The number of benzene rings is 1. The molecule has 3 N–H and O–H groups in total. The van der Waals surface area contributed by atoms with Crippen LogP contribution >= 0.6 is 0 Å². The smallest absolute Gasteiger partial charge is 0.305 e. The molecule has 1 atom stereocenters. The normalized spacial score (nSPS) is 14.2. The quantitative estimate of drug-likeness (QED) is 0.829. The van der Waals surface area contributed by atoms with Gasteiger partial charge in [-0.3, -0.25) is 4.79 Å². The maximum absolute atomic E-state index is 10.8. The average molecular weight is 265 g/mol. The van der Waals surface area contributed by atoms with Gasteiger partial charge in [-0.15, -0.1) is 0 Å².